The molecule has 1 unspecified atom stereocenters. The minimum absolute atomic E-state index is 0. The Balaban J connectivity index is 0.00000288. The predicted octanol–water partition coefficient (Wildman–Crippen LogP) is 2.69. The van der Waals surface area contributed by atoms with Crippen molar-refractivity contribution in [3.8, 4) is 0 Å². The zero-order valence-electron chi connectivity index (χ0n) is 13.3. The number of carbonyl (C=O) groups excluding carboxylic acids is 2. The average molecular weight is 392 g/mol. The molecule has 1 aromatic rings. The van der Waals surface area contributed by atoms with E-state index in [1.54, 1.807) is 24.3 Å². The van der Waals surface area contributed by atoms with Gasteiger partial charge in [0.15, 0.2) is 0 Å². The van der Waals surface area contributed by atoms with Crippen LogP contribution >= 0.6 is 35.8 Å². The van der Waals surface area contributed by atoms with Crippen molar-refractivity contribution in [1.82, 2.24) is 10.6 Å². The molecule has 2 rings (SSSR count). The van der Waals surface area contributed by atoms with Gasteiger partial charge in [-0.05, 0) is 30.7 Å². The van der Waals surface area contributed by atoms with Crippen molar-refractivity contribution < 1.29 is 9.59 Å². The predicted molar refractivity (Wildman–Crippen MR) is 103 cm³/mol. The number of hydrogen-bond donors (Lipinski definition) is 3. The zero-order valence-corrected chi connectivity index (χ0v) is 15.7. The zero-order chi connectivity index (χ0) is 16.5. The van der Waals surface area contributed by atoms with Crippen molar-refractivity contribution in [2.45, 2.75) is 25.3 Å². The van der Waals surface area contributed by atoms with E-state index in [-0.39, 0.29) is 30.3 Å². The first-order valence-corrected chi connectivity index (χ1v) is 9.30. The van der Waals surface area contributed by atoms with Crippen LogP contribution in [0.5, 0.6) is 0 Å². The summed E-state index contributed by atoms with van der Waals surface area (Å²) >= 11 is 7.67. The summed E-state index contributed by atoms with van der Waals surface area (Å²) < 4.78 is 0. The minimum atomic E-state index is -0.0630. The van der Waals surface area contributed by atoms with E-state index < -0.39 is 0 Å². The molecule has 1 aliphatic rings. The van der Waals surface area contributed by atoms with Crippen LogP contribution in [-0.2, 0) is 9.59 Å². The van der Waals surface area contributed by atoms with E-state index in [9.17, 15) is 9.59 Å². The topological polar surface area (TPSA) is 70.2 Å². The Hall–Kier alpha value is -0.950. The molecule has 5 nitrogen and oxygen atoms in total. The molecule has 0 bridgehead atoms. The molecule has 1 aliphatic heterocycles. The van der Waals surface area contributed by atoms with Crippen LogP contribution in [0.15, 0.2) is 24.3 Å². The van der Waals surface area contributed by atoms with E-state index in [2.05, 4.69) is 16.0 Å². The Morgan fingerprint density at radius 2 is 2.00 bits per heavy atom. The summed E-state index contributed by atoms with van der Waals surface area (Å²) in [5.41, 5.74) is 0.726. The molecule has 0 saturated carbocycles. The molecule has 2 amide bonds. The number of carbonyl (C=O) groups is 2. The maximum atomic E-state index is 11.8. The van der Waals surface area contributed by atoms with Gasteiger partial charge in [-0.3, -0.25) is 9.59 Å². The van der Waals surface area contributed by atoms with Crippen molar-refractivity contribution >= 4 is 53.3 Å². The van der Waals surface area contributed by atoms with Gasteiger partial charge in [-0.1, -0.05) is 11.6 Å². The third kappa shape index (κ3) is 8.24. The smallest absolute Gasteiger partial charge is 0.224 e. The highest BCUT2D eigenvalue weighted by molar-refractivity contribution is 7.99. The second-order valence-corrected chi connectivity index (χ2v) is 7.02. The fourth-order valence-corrected chi connectivity index (χ4v) is 3.36. The molecule has 1 heterocycles. The molecular weight excluding hydrogens is 369 g/mol. The maximum Gasteiger partial charge on any atom is 0.224 e. The Morgan fingerprint density at radius 1 is 1.25 bits per heavy atom. The summed E-state index contributed by atoms with van der Waals surface area (Å²) in [6.45, 7) is 1.49. The van der Waals surface area contributed by atoms with Crippen molar-refractivity contribution in [3.05, 3.63) is 29.3 Å². The number of benzene rings is 1. The summed E-state index contributed by atoms with van der Waals surface area (Å²) in [5, 5.41) is 9.64. The van der Waals surface area contributed by atoms with E-state index in [1.807, 2.05) is 11.8 Å². The Labute approximate surface area is 158 Å². The SMILES string of the molecule is Cl.O=C(CC1CSCCN1)NCCCC(=O)Nc1ccc(Cl)cc1. The molecule has 3 N–H and O–H groups in total. The molecule has 8 heteroatoms. The first-order valence-electron chi connectivity index (χ1n) is 7.77. The van der Waals surface area contributed by atoms with Crippen LogP contribution in [0.2, 0.25) is 5.02 Å². The lowest BCUT2D eigenvalue weighted by Crippen LogP contribution is -2.41. The van der Waals surface area contributed by atoms with Crippen molar-refractivity contribution in [1.29, 1.82) is 0 Å². The number of thioether (sulfide) groups is 1. The van der Waals surface area contributed by atoms with Crippen LogP contribution in [-0.4, -0.2) is 42.5 Å². The van der Waals surface area contributed by atoms with Gasteiger partial charge in [0.1, 0.15) is 0 Å². The second kappa shape index (κ2) is 11.6. The van der Waals surface area contributed by atoms with Gasteiger partial charge >= 0.3 is 0 Å². The van der Waals surface area contributed by atoms with Crippen LogP contribution in [0.25, 0.3) is 0 Å². The molecule has 24 heavy (non-hydrogen) atoms. The van der Waals surface area contributed by atoms with Crippen LogP contribution in [0, 0.1) is 0 Å². The fraction of sp³-hybridized carbons (Fsp3) is 0.500. The third-order valence-electron chi connectivity index (χ3n) is 3.46. The number of amides is 2. The molecule has 0 aromatic heterocycles. The number of nitrogens with one attached hydrogen (secondary N) is 3. The fourth-order valence-electron chi connectivity index (χ4n) is 2.28. The van der Waals surface area contributed by atoms with Gasteiger partial charge in [-0.25, -0.2) is 0 Å². The van der Waals surface area contributed by atoms with E-state index in [4.69, 9.17) is 11.6 Å². The van der Waals surface area contributed by atoms with Crippen LogP contribution < -0.4 is 16.0 Å². The Bertz CT molecular complexity index is 523. The lowest BCUT2D eigenvalue weighted by atomic mass is 10.2. The largest absolute Gasteiger partial charge is 0.356 e. The van der Waals surface area contributed by atoms with Gasteiger partial charge in [0.25, 0.3) is 0 Å². The molecule has 0 radical (unpaired) electrons. The molecule has 134 valence electrons. The lowest BCUT2D eigenvalue weighted by Gasteiger charge is -2.22. The summed E-state index contributed by atoms with van der Waals surface area (Å²) in [7, 11) is 0. The third-order valence-corrected chi connectivity index (χ3v) is 4.84. The van der Waals surface area contributed by atoms with Crippen LogP contribution in [0.4, 0.5) is 5.69 Å². The molecule has 0 spiro atoms. The second-order valence-electron chi connectivity index (χ2n) is 5.44. The standard InChI is InChI=1S/C16H22ClN3O2S.ClH/c17-12-3-5-13(6-4-12)20-15(21)2-1-7-19-16(22)10-14-11-23-9-8-18-14;/h3-6,14,18H,1-2,7-11H2,(H,19,22)(H,20,21);1H. The summed E-state index contributed by atoms with van der Waals surface area (Å²) in [6.07, 6.45) is 1.50. The monoisotopic (exact) mass is 391 g/mol. The van der Waals surface area contributed by atoms with Crippen LogP contribution in [0.3, 0.4) is 0 Å². The van der Waals surface area contributed by atoms with E-state index >= 15 is 0 Å². The quantitative estimate of drug-likeness (QED) is 0.624. The number of halogens is 2. The lowest BCUT2D eigenvalue weighted by molar-refractivity contribution is -0.122. The molecule has 1 fully saturated rings. The Morgan fingerprint density at radius 3 is 2.67 bits per heavy atom. The molecule has 0 aliphatic carbocycles. The number of hydrogen-bond acceptors (Lipinski definition) is 4. The normalized spacial score (nSPS) is 16.8. The van der Waals surface area contributed by atoms with Gasteiger partial charge in [0.2, 0.25) is 11.8 Å². The van der Waals surface area contributed by atoms with Crippen molar-refractivity contribution in [2.24, 2.45) is 0 Å². The highest BCUT2D eigenvalue weighted by Crippen LogP contribution is 2.13. The summed E-state index contributed by atoms with van der Waals surface area (Å²) in [4.78, 5) is 23.6. The van der Waals surface area contributed by atoms with Gasteiger partial charge in [-0.15, -0.1) is 12.4 Å². The van der Waals surface area contributed by atoms with Gasteiger partial charge < -0.3 is 16.0 Å². The number of anilines is 1. The van der Waals surface area contributed by atoms with Gasteiger partial charge in [0, 0.05) is 54.2 Å². The molecule has 1 saturated heterocycles. The molecular formula is C16H23Cl2N3O2S. The van der Waals surface area contributed by atoms with Gasteiger partial charge in [0.05, 0.1) is 0 Å². The van der Waals surface area contributed by atoms with Crippen molar-refractivity contribution in [2.75, 3.05) is 29.9 Å². The van der Waals surface area contributed by atoms with E-state index in [0.29, 0.717) is 30.8 Å². The average Bonchev–Trinajstić information content (AvgIpc) is 2.55. The molecule has 1 aromatic carbocycles. The van der Waals surface area contributed by atoms with Crippen LogP contribution in [0.1, 0.15) is 19.3 Å². The van der Waals surface area contributed by atoms with Gasteiger partial charge in [-0.2, -0.15) is 11.8 Å². The summed E-state index contributed by atoms with van der Waals surface area (Å²) in [5.74, 6) is 2.08. The molecule has 1 atom stereocenters. The van der Waals surface area contributed by atoms with E-state index in [0.717, 1.165) is 23.7 Å². The summed E-state index contributed by atoms with van der Waals surface area (Å²) in [6, 6.07) is 7.25. The maximum absolute atomic E-state index is 11.8. The van der Waals surface area contributed by atoms with E-state index in [1.165, 1.54) is 0 Å². The first-order chi connectivity index (χ1) is 11.1. The highest BCUT2D eigenvalue weighted by atomic mass is 35.5. The Kier molecular flexibility index (Phi) is 10.2. The number of rotatable bonds is 7. The first kappa shape index (κ1) is 21.1. The highest BCUT2D eigenvalue weighted by Gasteiger charge is 2.16. The minimum Gasteiger partial charge on any atom is -0.356 e. The van der Waals surface area contributed by atoms with Crippen molar-refractivity contribution in [3.63, 3.8) is 0 Å².